The van der Waals surface area contributed by atoms with Crippen LogP contribution in [0, 0.1) is 0 Å². The van der Waals surface area contributed by atoms with E-state index >= 15 is 0 Å². The second-order valence-corrected chi connectivity index (χ2v) is 9.64. The van der Waals surface area contributed by atoms with Crippen LogP contribution in [0.15, 0.2) is 83.8 Å². The largest absolute Gasteiger partial charge is 0.452 e. The molecule has 0 aliphatic rings. The molecule has 0 spiro atoms. The Morgan fingerprint density at radius 1 is 0.829 bits per heavy atom. The predicted molar refractivity (Wildman–Crippen MR) is 132 cm³/mol. The van der Waals surface area contributed by atoms with Gasteiger partial charge in [0, 0.05) is 32.4 Å². The Kier molecular flexibility index (Phi) is 7.87. The van der Waals surface area contributed by atoms with Crippen molar-refractivity contribution in [3.63, 3.8) is 0 Å². The molecular formula is C25H25N3O6S. The van der Waals surface area contributed by atoms with E-state index in [2.05, 4.69) is 5.32 Å². The molecule has 0 unspecified atom stereocenters. The molecule has 3 aromatic rings. The van der Waals surface area contributed by atoms with Gasteiger partial charge in [0.1, 0.15) is 4.90 Å². The van der Waals surface area contributed by atoms with E-state index in [4.69, 9.17) is 4.74 Å². The molecule has 0 radical (unpaired) electrons. The summed E-state index contributed by atoms with van der Waals surface area (Å²) < 4.78 is 32.5. The molecule has 1 N–H and O–H groups in total. The molecule has 3 aromatic carbocycles. The minimum Gasteiger partial charge on any atom is -0.452 e. The van der Waals surface area contributed by atoms with Gasteiger partial charge in [-0.05, 0) is 48.5 Å². The highest BCUT2D eigenvalue weighted by Gasteiger charge is 2.27. The number of anilines is 2. The fourth-order valence-electron chi connectivity index (χ4n) is 3.14. The molecule has 35 heavy (non-hydrogen) atoms. The number of esters is 1. The quantitative estimate of drug-likeness (QED) is 0.481. The van der Waals surface area contributed by atoms with Crippen LogP contribution in [0.4, 0.5) is 11.4 Å². The maximum Gasteiger partial charge on any atom is 0.340 e. The van der Waals surface area contributed by atoms with Crippen molar-refractivity contribution in [1.29, 1.82) is 0 Å². The van der Waals surface area contributed by atoms with Crippen molar-refractivity contribution < 1.29 is 27.5 Å². The molecule has 0 heterocycles. The number of carbonyl (C=O) groups excluding carboxylic acids is 3. The van der Waals surface area contributed by atoms with Gasteiger partial charge in [-0.15, -0.1) is 0 Å². The number of benzene rings is 3. The Balaban J connectivity index is 1.68. The smallest absolute Gasteiger partial charge is 0.340 e. The summed E-state index contributed by atoms with van der Waals surface area (Å²) in [6.07, 6.45) is 0. The highest BCUT2D eigenvalue weighted by Crippen LogP contribution is 2.25. The first-order chi connectivity index (χ1) is 16.6. The normalized spacial score (nSPS) is 10.8. The van der Waals surface area contributed by atoms with Crippen LogP contribution in [0.1, 0.15) is 20.7 Å². The third-order valence-electron chi connectivity index (χ3n) is 5.02. The lowest BCUT2D eigenvalue weighted by atomic mass is 10.2. The lowest BCUT2D eigenvalue weighted by Gasteiger charge is -2.20. The standard InChI is InChI=1S/C25H25N3O6S/c1-27(2)24(30)18-13-15-19(16-14-18)26-23(29)17-34-25(31)21-11-7-8-12-22(21)35(32,33)28(3)20-9-5-4-6-10-20/h4-16H,17H2,1-3H3,(H,26,29). The van der Waals surface area contributed by atoms with Crippen LogP contribution in [-0.2, 0) is 19.6 Å². The monoisotopic (exact) mass is 495 g/mol. The number of nitrogens with zero attached hydrogens (tertiary/aromatic N) is 2. The van der Waals surface area contributed by atoms with E-state index < -0.39 is 28.5 Å². The van der Waals surface area contributed by atoms with Crippen LogP contribution in [0.25, 0.3) is 0 Å². The van der Waals surface area contributed by atoms with Crippen molar-refractivity contribution in [2.45, 2.75) is 4.90 Å². The zero-order chi connectivity index (χ0) is 25.6. The lowest BCUT2D eigenvalue weighted by Crippen LogP contribution is -2.28. The van der Waals surface area contributed by atoms with Crippen molar-refractivity contribution in [3.8, 4) is 0 Å². The Morgan fingerprint density at radius 2 is 1.43 bits per heavy atom. The van der Waals surface area contributed by atoms with Crippen molar-refractivity contribution in [2.24, 2.45) is 0 Å². The van der Waals surface area contributed by atoms with Crippen molar-refractivity contribution in [1.82, 2.24) is 4.90 Å². The van der Waals surface area contributed by atoms with Crippen LogP contribution in [-0.4, -0.2) is 58.9 Å². The van der Waals surface area contributed by atoms with Gasteiger partial charge in [0.15, 0.2) is 6.61 Å². The van der Waals surface area contributed by atoms with Crippen LogP contribution < -0.4 is 9.62 Å². The number of nitrogens with one attached hydrogen (secondary N) is 1. The van der Waals surface area contributed by atoms with E-state index in [1.165, 1.54) is 36.2 Å². The fraction of sp³-hybridized carbons (Fsp3) is 0.160. The molecule has 0 aliphatic carbocycles. The Bertz CT molecular complexity index is 1320. The van der Waals surface area contributed by atoms with Gasteiger partial charge in [-0.2, -0.15) is 0 Å². The molecule has 9 nitrogen and oxygen atoms in total. The molecule has 0 fully saturated rings. The Labute approximate surface area is 204 Å². The zero-order valence-corrected chi connectivity index (χ0v) is 20.3. The Hall–Kier alpha value is -4.18. The maximum atomic E-state index is 13.2. The van der Waals surface area contributed by atoms with Gasteiger partial charge in [-0.3, -0.25) is 13.9 Å². The van der Waals surface area contributed by atoms with Gasteiger partial charge in [0.2, 0.25) is 0 Å². The molecule has 10 heteroatoms. The number of hydrogen-bond acceptors (Lipinski definition) is 6. The summed E-state index contributed by atoms with van der Waals surface area (Å²) in [6, 6.07) is 20.3. The van der Waals surface area contributed by atoms with Gasteiger partial charge in [-0.25, -0.2) is 13.2 Å². The highest BCUT2D eigenvalue weighted by molar-refractivity contribution is 7.92. The summed E-state index contributed by atoms with van der Waals surface area (Å²) >= 11 is 0. The van der Waals surface area contributed by atoms with Crippen LogP contribution in [0.2, 0.25) is 0 Å². The van der Waals surface area contributed by atoms with Crippen molar-refractivity contribution in [2.75, 3.05) is 37.4 Å². The molecule has 2 amide bonds. The predicted octanol–water partition coefficient (Wildman–Crippen LogP) is 3.01. The maximum absolute atomic E-state index is 13.2. The molecule has 0 atom stereocenters. The van der Waals surface area contributed by atoms with Gasteiger partial charge >= 0.3 is 5.97 Å². The van der Waals surface area contributed by atoms with Gasteiger partial charge in [0.05, 0.1) is 11.3 Å². The number of rotatable bonds is 8. The van der Waals surface area contributed by atoms with Gasteiger partial charge < -0.3 is 15.0 Å². The number of para-hydroxylation sites is 1. The summed E-state index contributed by atoms with van der Waals surface area (Å²) in [7, 11) is 0.584. The molecule has 0 aliphatic heterocycles. The molecule has 182 valence electrons. The number of sulfonamides is 1. The van der Waals surface area contributed by atoms with E-state index in [0.717, 1.165) is 4.31 Å². The molecular weight excluding hydrogens is 470 g/mol. The summed E-state index contributed by atoms with van der Waals surface area (Å²) in [5, 5.41) is 2.56. The van der Waals surface area contributed by atoms with Gasteiger partial charge in [-0.1, -0.05) is 30.3 Å². The number of hydrogen-bond donors (Lipinski definition) is 1. The number of ether oxygens (including phenoxy) is 1. The minimum absolute atomic E-state index is 0.177. The Morgan fingerprint density at radius 3 is 2.06 bits per heavy atom. The van der Waals surface area contributed by atoms with Crippen LogP contribution in [0.3, 0.4) is 0 Å². The van der Waals surface area contributed by atoms with Crippen molar-refractivity contribution >= 4 is 39.2 Å². The first-order valence-corrected chi connectivity index (χ1v) is 12.0. The SMILES string of the molecule is CN(C)C(=O)c1ccc(NC(=O)COC(=O)c2ccccc2S(=O)(=O)N(C)c2ccccc2)cc1. The molecule has 0 saturated heterocycles. The van der Waals surface area contributed by atoms with E-state index in [-0.39, 0.29) is 16.4 Å². The summed E-state index contributed by atoms with van der Waals surface area (Å²) in [6.45, 7) is -0.625. The molecule has 0 saturated carbocycles. The number of amides is 2. The van der Waals surface area contributed by atoms with E-state index in [1.54, 1.807) is 68.7 Å². The number of carbonyl (C=O) groups is 3. The third-order valence-corrected chi connectivity index (χ3v) is 6.87. The molecule has 3 rings (SSSR count). The fourth-order valence-corrected chi connectivity index (χ4v) is 4.52. The highest BCUT2D eigenvalue weighted by atomic mass is 32.2. The zero-order valence-electron chi connectivity index (χ0n) is 19.5. The van der Waals surface area contributed by atoms with E-state index in [0.29, 0.717) is 16.9 Å². The first kappa shape index (κ1) is 25.4. The third kappa shape index (κ3) is 6.04. The second-order valence-electron chi connectivity index (χ2n) is 7.71. The second kappa shape index (κ2) is 10.8. The average molecular weight is 496 g/mol. The van der Waals surface area contributed by atoms with Crippen LogP contribution in [0.5, 0.6) is 0 Å². The lowest BCUT2D eigenvalue weighted by molar-refractivity contribution is -0.119. The van der Waals surface area contributed by atoms with Gasteiger partial charge in [0.25, 0.3) is 21.8 Å². The first-order valence-electron chi connectivity index (χ1n) is 10.5. The van der Waals surface area contributed by atoms with Crippen LogP contribution >= 0.6 is 0 Å². The topological polar surface area (TPSA) is 113 Å². The van der Waals surface area contributed by atoms with E-state index in [9.17, 15) is 22.8 Å². The molecule has 0 bridgehead atoms. The summed E-state index contributed by atoms with van der Waals surface area (Å²) in [4.78, 5) is 38.1. The average Bonchev–Trinajstić information content (AvgIpc) is 2.87. The minimum atomic E-state index is -4.07. The van der Waals surface area contributed by atoms with Crippen molar-refractivity contribution in [3.05, 3.63) is 90.0 Å². The summed E-state index contributed by atoms with van der Waals surface area (Å²) in [5.41, 5.74) is 1.11. The van der Waals surface area contributed by atoms with E-state index in [1.807, 2.05) is 0 Å². The summed E-state index contributed by atoms with van der Waals surface area (Å²) in [5.74, 6) is -1.75. The molecule has 0 aromatic heterocycles.